The highest BCUT2D eigenvalue weighted by Gasteiger charge is 2.31. The van der Waals surface area contributed by atoms with Gasteiger partial charge in [0.25, 0.3) is 30.4 Å². The summed E-state index contributed by atoms with van der Waals surface area (Å²) in [6.45, 7) is -1.62. The van der Waals surface area contributed by atoms with E-state index >= 15 is 0 Å². The molecule has 57 heavy (non-hydrogen) atoms. The largest absolute Gasteiger partial charge is 0.401 e. The van der Waals surface area contributed by atoms with Gasteiger partial charge in [0.2, 0.25) is 11.8 Å². The molecule has 13 N–H and O–H groups in total. The molecule has 0 fully saturated rings. The van der Waals surface area contributed by atoms with Crippen molar-refractivity contribution in [2.45, 2.75) is 30.8 Å². The molecule has 0 spiro atoms. The molecule has 2 aromatic carbocycles. The highest BCUT2D eigenvalue weighted by atomic mass is 127. The summed E-state index contributed by atoms with van der Waals surface area (Å²) in [4.78, 5) is 78.1. The van der Waals surface area contributed by atoms with E-state index in [2.05, 4.69) is 25.6 Å². The van der Waals surface area contributed by atoms with Crippen molar-refractivity contribution in [3.63, 3.8) is 0 Å². The number of alkyl halides is 1. The minimum absolute atomic E-state index is 0.00255. The van der Waals surface area contributed by atoms with Crippen LogP contribution in [0.1, 0.15) is 47.9 Å². The highest BCUT2D eigenvalue weighted by molar-refractivity contribution is 14.1. The maximum atomic E-state index is 13.5. The van der Waals surface area contributed by atoms with Crippen LogP contribution in [0.3, 0.4) is 0 Å². The van der Waals surface area contributed by atoms with Gasteiger partial charge in [0.05, 0.1) is 79.2 Å². The van der Waals surface area contributed by atoms with Gasteiger partial charge in [-0.3, -0.25) is 28.8 Å². The zero-order valence-corrected chi connectivity index (χ0v) is 43.0. The Hall–Kier alpha value is -0.350. The molecule has 6 amide bonds. The first kappa shape index (κ1) is 52.8. The third kappa shape index (κ3) is 14.9. The van der Waals surface area contributed by atoms with Gasteiger partial charge in [-0.15, -0.1) is 11.6 Å². The van der Waals surface area contributed by atoms with E-state index in [0.29, 0.717) is 0 Å². The van der Waals surface area contributed by atoms with Crippen LogP contribution in [0.25, 0.3) is 0 Å². The zero-order valence-electron chi connectivity index (χ0n) is 29.3. The average Bonchev–Trinajstić information content (AvgIpc) is 3.12. The average molecular weight is 1500 g/mol. The van der Waals surface area contributed by atoms with Crippen LogP contribution >= 0.6 is 147 Å². The third-order valence-electron chi connectivity index (χ3n) is 7.29. The minimum Gasteiger partial charge on any atom is -0.401 e. The van der Waals surface area contributed by atoms with Gasteiger partial charge in [0.15, 0.2) is 6.61 Å². The van der Waals surface area contributed by atoms with E-state index in [1.807, 2.05) is 0 Å². The summed E-state index contributed by atoms with van der Waals surface area (Å²) in [6.07, 6.45) is -5.56. The van der Waals surface area contributed by atoms with E-state index in [0.717, 1.165) is 0 Å². The van der Waals surface area contributed by atoms with E-state index in [4.69, 9.17) is 32.9 Å². The second-order valence-electron chi connectivity index (χ2n) is 11.8. The van der Waals surface area contributed by atoms with Crippen LogP contribution in [0.2, 0.25) is 0 Å². The molecule has 19 nitrogen and oxygen atoms in total. The summed E-state index contributed by atoms with van der Waals surface area (Å²) in [7, 11) is 1.53. The summed E-state index contributed by atoms with van der Waals surface area (Å²) in [5.74, 6) is -5.23. The van der Waals surface area contributed by atoms with Crippen LogP contribution in [-0.4, -0.2) is 138 Å². The summed E-state index contributed by atoms with van der Waals surface area (Å²) < 4.78 is 8.83. The number of rotatable bonds is 21. The monoisotopic (exact) mass is 1500 g/mol. The molecule has 0 heterocycles. The van der Waals surface area contributed by atoms with E-state index in [9.17, 15) is 49.2 Å². The maximum absolute atomic E-state index is 13.5. The van der Waals surface area contributed by atoms with Gasteiger partial charge in [-0.05, 0) is 136 Å². The number of carbonyl (C=O) groups is 6. The Morgan fingerprint density at radius 1 is 0.684 bits per heavy atom. The molecule has 4 unspecified atom stereocenters. The number of anilines is 2. The topological polar surface area (TPSA) is 316 Å². The molecule has 26 heteroatoms. The molecule has 0 aliphatic carbocycles. The normalized spacial score (nSPS) is 13.4. The van der Waals surface area contributed by atoms with Crippen LogP contribution in [0.15, 0.2) is 0 Å². The number of hydrogen-bond donors (Lipinski definition) is 11. The van der Waals surface area contributed by atoms with Crippen molar-refractivity contribution in [1.82, 2.24) is 10.6 Å². The van der Waals surface area contributed by atoms with Crippen molar-refractivity contribution >= 4 is 194 Å². The Kier molecular flexibility index (Phi) is 23.1. The fraction of sp³-hybridized carbons (Fsp3) is 0.419. The number of amides is 6. The van der Waals surface area contributed by atoms with Crippen LogP contribution in [0.4, 0.5) is 11.4 Å². The lowest BCUT2D eigenvalue weighted by Gasteiger charge is -2.21. The minimum atomic E-state index is -1.26. The van der Waals surface area contributed by atoms with Crippen molar-refractivity contribution in [3.05, 3.63) is 43.7 Å². The first-order chi connectivity index (χ1) is 26.6. The first-order valence-electron chi connectivity index (χ1n) is 15.8. The number of carbonyl (C=O) groups excluding carboxylic acids is 6. The smallest absolute Gasteiger partial charge is 0.255 e. The predicted molar refractivity (Wildman–Crippen MR) is 257 cm³/mol. The van der Waals surface area contributed by atoms with Crippen molar-refractivity contribution in [3.8, 4) is 0 Å². The van der Waals surface area contributed by atoms with Crippen LogP contribution in [0.5, 0.6) is 0 Å². The van der Waals surface area contributed by atoms with Crippen LogP contribution < -0.4 is 32.7 Å². The summed E-state index contributed by atoms with van der Waals surface area (Å²) >= 11 is 16.2. The number of aliphatic hydroxyl groups is 5. The van der Waals surface area contributed by atoms with Gasteiger partial charge < -0.3 is 67.4 Å². The Morgan fingerprint density at radius 3 is 1.47 bits per heavy atom. The number of halogens is 7. The van der Waals surface area contributed by atoms with Gasteiger partial charge in [0.1, 0.15) is 25.7 Å². The Labute approximate surface area is 412 Å². The van der Waals surface area contributed by atoms with E-state index < -0.39 is 72.9 Å². The number of hydrogen-bond acceptors (Lipinski definition) is 12. The summed E-state index contributed by atoms with van der Waals surface area (Å²) in [5.41, 5.74) is 11.0. The van der Waals surface area contributed by atoms with Gasteiger partial charge in [-0.1, -0.05) is 0 Å². The number of aliphatic hydroxyl groups excluding tert-OH is 5. The molecule has 0 saturated heterocycles. The van der Waals surface area contributed by atoms with E-state index in [1.165, 1.54) is 7.11 Å². The molecule has 0 saturated carbocycles. The van der Waals surface area contributed by atoms with Gasteiger partial charge >= 0.3 is 0 Å². The zero-order chi connectivity index (χ0) is 43.5. The third-order valence-corrected chi connectivity index (χ3v) is 14.1. The fourth-order valence-corrected chi connectivity index (χ4v) is 13.6. The lowest BCUT2D eigenvalue weighted by atomic mass is 10.1. The lowest BCUT2D eigenvalue weighted by Crippen LogP contribution is -2.38. The quantitative estimate of drug-likeness (QED) is 0.0272. The van der Waals surface area contributed by atoms with Gasteiger partial charge in [-0.25, -0.2) is 0 Å². The van der Waals surface area contributed by atoms with Crippen molar-refractivity contribution in [1.29, 1.82) is 0 Å². The standard InChI is InChI=1S/C31H35ClI6N6O13/c1-57(8-13(49)12(48)3-32)9-56-7-11(47)5-42-31(55)19-21(34)17(29(40)53)23(36)27(25(19)38)44-15(51)2-14(50)43-26-22(35)16(28(39)52)20(33)18(24(26)37)30(54)41-4-10(46)6-45/h10-13,45-49H,2-9H2,1H3,(H7-,39,40,41,42,43,44,50,51,52,53,54,55)/p+1. The molecular weight excluding hydrogens is 1460 g/mol. The van der Waals surface area contributed by atoms with Gasteiger partial charge in [0, 0.05) is 20.2 Å². The predicted octanol–water partition coefficient (Wildman–Crippen LogP) is 0.770. The Bertz CT molecular complexity index is 1880. The lowest BCUT2D eigenvalue weighted by molar-refractivity contribution is -0.228. The second-order valence-corrected chi connectivity index (χ2v) is 18.6. The molecule has 4 atom stereocenters. The molecule has 2 rings (SSSR count). The number of primary amides is 2. The molecule has 0 aliphatic heterocycles. The summed E-state index contributed by atoms with van der Waals surface area (Å²) in [5, 5.41) is 58.8. The first-order valence-corrected chi connectivity index (χ1v) is 22.8. The van der Waals surface area contributed by atoms with Gasteiger partial charge in [-0.2, -0.15) is 0 Å². The molecule has 0 aromatic heterocycles. The molecular formula is C31H36ClI6N6O13+. The highest BCUT2D eigenvalue weighted by Crippen LogP contribution is 2.37. The Balaban J connectivity index is 2.29. The van der Waals surface area contributed by atoms with Crippen LogP contribution in [0, 0.1) is 21.4 Å². The fourth-order valence-electron chi connectivity index (χ4n) is 4.49. The van der Waals surface area contributed by atoms with Crippen molar-refractivity contribution < 1.29 is 63.4 Å². The number of nitrogens with one attached hydrogen (secondary N) is 4. The molecule has 0 bridgehead atoms. The Morgan fingerprint density at radius 2 is 1.09 bits per heavy atom. The number of nitrogens with two attached hydrogens (primary N) is 2. The van der Waals surface area contributed by atoms with Crippen molar-refractivity contribution in [2.75, 3.05) is 63.3 Å². The summed E-state index contributed by atoms with van der Waals surface area (Å²) in [6, 6.07) is 0. The molecule has 2 aromatic rings. The molecule has 0 aliphatic rings. The number of benzene rings is 2. The van der Waals surface area contributed by atoms with E-state index in [1.54, 1.807) is 136 Å². The number of ether oxygens (including phenoxy) is 1. The SMILES string of the molecule is C[O+](COCC(O)CNC(=O)c1c(I)c(NC(=O)CC(=O)Nc2c(I)c(C(N)=O)c(I)c(C(=O)NCC(O)CO)c2I)c(I)c(C(N)=O)c1I)CC(O)C(O)CCl. The molecule has 316 valence electrons. The van der Waals surface area contributed by atoms with Crippen LogP contribution in [-0.2, 0) is 18.7 Å². The molecule has 0 radical (unpaired) electrons. The maximum Gasteiger partial charge on any atom is 0.255 e. The van der Waals surface area contributed by atoms with E-state index in [-0.39, 0.29) is 94.0 Å². The van der Waals surface area contributed by atoms with Crippen molar-refractivity contribution in [2.24, 2.45) is 11.5 Å². The second kappa shape index (κ2) is 24.9.